The molecule has 0 spiro atoms. The highest BCUT2D eigenvalue weighted by Crippen LogP contribution is 2.23. The van der Waals surface area contributed by atoms with Crippen LogP contribution in [0.2, 0.25) is 0 Å². The molecule has 0 aromatic carbocycles. The summed E-state index contributed by atoms with van der Waals surface area (Å²) >= 11 is 0. The predicted molar refractivity (Wildman–Crippen MR) is 91.5 cm³/mol. The van der Waals surface area contributed by atoms with Crippen LogP contribution in [-0.4, -0.2) is 77.6 Å². The third kappa shape index (κ3) is 4.18. The first-order valence-corrected chi connectivity index (χ1v) is 9.02. The van der Waals surface area contributed by atoms with E-state index in [4.69, 9.17) is 4.42 Å². The van der Waals surface area contributed by atoms with Gasteiger partial charge in [0.2, 0.25) is 5.91 Å². The summed E-state index contributed by atoms with van der Waals surface area (Å²) in [5.74, 6) is 0.949. The summed E-state index contributed by atoms with van der Waals surface area (Å²) in [7, 11) is 1.83. The Morgan fingerprint density at radius 3 is 2.75 bits per heavy atom. The molecule has 1 aromatic heterocycles. The van der Waals surface area contributed by atoms with Crippen molar-refractivity contribution in [1.29, 1.82) is 0 Å². The number of hydrogen-bond donors (Lipinski definition) is 1. The van der Waals surface area contributed by atoms with Gasteiger partial charge >= 0.3 is 0 Å². The number of carbonyl (C=O) groups excluding carboxylic acids is 1. The van der Waals surface area contributed by atoms with Crippen molar-refractivity contribution in [2.75, 3.05) is 39.8 Å². The summed E-state index contributed by atoms with van der Waals surface area (Å²) in [5.41, 5.74) is 0. The molecule has 2 saturated heterocycles. The van der Waals surface area contributed by atoms with Gasteiger partial charge in [-0.25, -0.2) is 0 Å². The Labute approximate surface area is 144 Å². The zero-order valence-corrected chi connectivity index (χ0v) is 14.6. The van der Waals surface area contributed by atoms with Gasteiger partial charge in [-0.3, -0.25) is 14.6 Å². The van der Waals surface area contributed by atoms with E-state index < -0.39 is 0 Å². The Hall–Kier alpha value is -1.37. The zero-order valence-electron chi connectivity index (χ0n) is 14.6. The van der Waals surface area contributed by atoms with Crippen molar-refractivity contribution in [2.24, 2.45) is 0 Å². The molecule has 1 N–H and O–H groups in total. The maximum atomic E-state index is 12.5. The highest BCUT2D eigenvalue weighted by atomic mass is 16.3. The number of likely N-dealkylation sites (N-methyl/N-ethyl adjacent to an activating group) is 1. The normalized spacial score (nSPS) is 25.4. The van der Waals surface area contributed by atoms with E-state index in [1.807, 2.05) is 19.2 Å². The summed E-state index contributed by atoms with van der Waals surface area (Å²) in [4.78, 5) is 19.0. The number of aliphatic hydroxyl groups excluding tert-OH is 1. The molecule has 2 unspecified atom stereocenters. The summed E-state index contributed by atoms with van der Waals surface area (Å²) < 4.78 is 5.32. The molecule has 0 aliphatic carbocycles. The first-order chi connectivity index (χ1) is 11.7. The minimum absolute atomic E-state index is 0.137. The SMILES string of the molecule is CN(Cc1ccco1)C(=O)CN1CCCC1CN1CCCC1CO. The second-order valence-corrected chi connectivity index (χ2v) is 7.07. The molecule has 2 atom stereocenters. The third-order valence-electron chi connectivity index (χ3n) is 5.39. The molecule has 134 valence electrons. The molecule has 0 bridgehead atoms. The molecular formula is C18H29N3O3. The Morgan fingerprint density at radius 1 is 1.29 bits per heavy atom. The average molecular weight is 335 g/mol. The maximum absolute atomic E-state index is 12.5. The second kappa shape index (κ2) is 8.14. The van der Waals surface area contributed by atoms with E-state index in [1.54, 1.807) is 11.2 Å². The summed E-state index contributed by atoms with van der Waals surface area (Å²) in [6, 6.07) is 4.48. The number of nitrogens with zero attached hydrogens (tertiary/aromatic N) is 3. The van der Waals surface area contributed by atoms with E-state index in [0.29, 0.717) is 25.2 Å². The van der Waals surface area contributed by atoms with Crippen molar-refractivity contribution in [3.05, 3.63) is 24.2 Å². The van der Waals surface area contributed by atoms with E-state index >= 15 is 0 Å². The number of hydrogen-bond acceptors (Lipinski definition) is 5. The third-order valence-corrected chi connectivity index (χ3v) is 5.39. The average Bonchev–Trinajstić information content (AvgIpc) is 3.30. The summed E-state index contributed by atoms with van der Waals surface area (Å²) in [6.45, 7) is 4.27. The van der Waals surface area contributed by atoms with E-state index in [1.165, 1.54) is 6.42 Å². The molecule has 6 heteroatoms. The molecule has 3 heterocycles. The lowest BCUT2D eigenvalue weighted by molar-refractivity contribution is -0.132. The highest BCUT2D eigenvalue weighted by Gasteiger charge is 2.32. The maximum Gasteiger partial charge on any atom is 0.236 e. The second-order valence-electron chi connectivity index (χ2n) is 7.07. The number of aliphatic hydroxyl groups is 1. The number of amides is 1. The molecule has 0 radical (unpaired) electrons. The Bertz CT molecular complexity index is 520. The smallest absolute Gasteiger partial charge is 0.236 e. The molecule has 3 rings (SSSR count). The fraction of sp³-hybridized carbons (Fsp3) is 0.722. The van der Waals surface area contributed by atoms with Crippen molar-refractivity contribution in [1.82, 2.24) is 14.7 Å². The lowest BCUT2D eigenvalue weighted by Crippen LogP contribution is -2.46. The van der Waals surface area contributed by atoms with Crippen LogP contribution >= 0.6 is 0 Å². The molecule has 1 aromatic rings. The van der Waals surface area contributed by atoms with Gasteiger partial charge in [0.25, 0.3) is 0 Å². The van der Waals surface area contributed by atoms with E-state index in [2.05, 4.69) is 9.80 Å². The first-order valence-electron chi connectivity index (χ1n) is 9.02. The van der Waals surface area contributed by atoms with Crippen molar-refractivity contribution < 1.29 is 14.3 Å². The van der Waals surface area contributed by atoms with Crippen LogP contribution < -0.4 is 0 Å². The van der Waals surface area contributed by atoms with Crippen LogP contribution in [0.25, 0.3) is 0 Å². The van der Waals surface area contributed by atoms with Gasteiger partial charge in [-0.15, -0.1) is 0 Å². The monoisotopic (exact) mass is 335 g/mol. The molecule has 2 fully saturated rings. The lowest BCUT2D eigenvalue weighted by atomic mass is 10.2. The van der Waals surface area contributed by atoms with Crippen molar-refractivity contribution in [2.45, 2.75) is 44.3 Å². The van der Waals surface area contributed by atoms with Crippen LogP contribution in [0.3, 0.4) is 0 Å². The molecule has 2 aliphatic heterocycles. The van der Waals surface area contributed by atoms with Gasteiger partial charge in [0.15, 0.2) is 0 Å². The number of carbonyl (C=O) groups is 1. The molecule has 0 saturated carbocycles. The molecule has 2 aliphatic rings. The van der Waals surface area contributed by atoms with Crippen molar-refractivity contribution in [3.8, 4) is 0 Å². The highest BCUT2D eigenvalue weighted by molar-refractivity contribution is 5.78. The van der Waals surface area contributed by atoms with Crippen LogP contribution in [0.4, 0.5) is 0 Å². The molecular weight excluding hydrogens is 306 g/mol. The fourth-order valence-corrected chi connectivity index (χ4v) is 3.94. The Morgan fingerprint density at radius 2 is 2.04 bits per heavy atom. The fourth-order valence-electron chi connectivity index (χ4n) is 3.94. The molecule has 1 amide bonds. The number of furan rings is 1. The van der Waals surface area contributed by atoms with Gasteiger partial charge in [-0.1, -0.05) is 0 Å². The van der Waals surface area contributed by atoms with Gasteiger partial charge in [-0.05, 0) is 50.9 Å². The quantitative estimate of drug-likeness (QED) is 0.810. The minimum atomic E-state index is 0.137. The molecule has 6 nitrogen and oxygen atoms in total. The van der Waals surface area contributed by atoms with Crippen molar-refractivity contribution >= 4 is 5.91 Å². The van der Waals surface area contributed by atoms with Crippen LogP contribution in [-0.2, 0) is 11.3 Å². The van der Waals surface area contributed by atoms with Gasteiger partial charge in [0.1, 0.15) is 5.76 Å². The number of rotatable bonds is 7. The Kier molecular flexibility index (Phi) is 5.92. The van der Waals surface area contributed by atoms with Gasteiger partial charge in [0.05, 0.1) is 26.0 Å². The van der Waals surface area contributed by atoms with Crippen molar-refractivity contribution in [3.63, 3.8) is 0 Å². The Balaban J connectivity index is 1.50. The van der Waals surface area contributed by atoms with Gasteiger partial charge in [-0.2, -0.15) is 0 Å². The number of likely N-dealkylation sites (tertiary alicyclic amines) is 2. The first kappa shape index (κ1) is 17.5. The largest absolute Gasteiger partial charge is 0.467 e. The standard InChI is InChI=1S/C18H29N3O3/c1-19(12-17-7-4-10-24-17)18(23)13-21-9-2-5-15(21)11-20-8-3-6-16(20)14-22/h4,7,10,15-16,22H,2-3,5-6,8-9,11-14H2,1H3. The van der Waals surface area contributed by atoms with E-state index in [0.717, 1.165) is 44.7 Å². The van der Waals surface area contributed by atoms with Crippen LogP contribution in [0, 0.1) is 0 Å². The lowest BCUT2D eigenvalue weighted by Gasteiger charge is -2.31. The van der Waals surface area contributed by atoms with E-state index in [-0.39, 0.29) is 12.5 Å². The van der Waals surface area contributed by atoms with Crippen LogP contribution in [0.5, 0.6) is 0 Å². The summed E-state index contributed by atoms with van der Waals surface area (Å²) in [5, 5.41) is 9.49. The van der Waals surface area contributed by atoms with Gasteiger partial charge < -0.3 is 14.4 Å². The zero-order chi connectivity index (χ0) is 16.9. The predicted octanol–water partition coefficient (Wildman–Crippen LogP) is 1.16. The summed E-state index contributed by atoms with van der Waals surface area (Å²) in [6.07, 6.45) is 6.19. The van der Waals surface area contributed by atoms with Crippen LogP contribution in [0.15, 0.2) is 22.8 Å². The van der Waals surface area contributed by atoms with E-state index in [9.17, 15) is 9.90 Å². The molecule has 24 heavy (non-hydrogen) atoms. The minimum Gasteiger partial charge on any atom is -0.467 e. The topological polar surface area (TPSA) is 60.2 Å². The van der Waals surface area contributed by atoms with Gasteiger partial charge in [0, 0.05) is 25.7 Å². The van der Waals surface area contributed by atoms with Crippen LogP contribution in [0.1, 0.15) is 31.4 Å².